The zero-order valence-electron chi connectivity index (χ0n) is 8.60. The molecule has 0 saturated carbocycles. The highest BCUT2D eigenvalue weighted by molar-refractivity contribution is 5.75. The fraction of sp³-hybridized carbons (Fsp3) is 0.600. The lowest BCUT2D eigenvalue weighted by Gasteiger charge is -2.13. The van der Waals surface area contributed by atoms with Crippen molar-refractivity contribution in [3.8, 4) is 0 Å². The summed E-state index contributed by atoms with van der Waals surface area (Å²) in [6.07, 6.45) is 4.23. The lowest BCUT2D eigenvalue weighted by atomic mass is 10.1. The second-order valence-electron chi connectivity index (χ2n) is 3.29. The summed E-state index contributed by atoms with van der Waals surface area (Å²) in [5, 5.41) is 0. The second kappa shape index (κ2) is 7.26. The van der Waals surface area contributed by atoms with E-state index in [1.54, 1.807) is 6.08 Å². The summed E-state index contributed by atoms with van der Waals surface area (Å²) < 4.78 is 4.88. The maximum absolute atomic E-state index is 11.2. The van der Waals surface area contributed by atoms with Gasteiger partial charge in [0.05, 0.1) is 6.61 Å². The number of hydrogen-bond donors (Lipinski definition) is 1. The van der Waals surface area contributed by atoms with Crippen LogP contribution in [-0.4, -0.2) is 24.9 Å². The predicted molar refractivity (Wildman–Crippen MR) is 53.6 cm³/mol. The molecule has 4 nitrogen and oxygen atoms in total. The van der Waals surface area contributed by atoms with Gasteiger partial charge in [0.2, 0.25) is 0 Å². The monoisotopic (exact) mass is 199 g/mol. The smallest absolute Gasteiger partial charge is 0.323 e. The van der Waals surface area contributed by atoms with Gasteiger partial charge in [0, 0.05) is 0 Å². The molecule has 0 aliphatic heterocycles. The average Bonchev–Trinajstić information content (AvgIpc) is 2.16. The Morgan fingerprint density at radius 3 is 2.64 bits per heavy atom. The number of nitrogens with two attached hydrogens (primary N) is 1. The van der Waals surface area contributed by atoms with Crippen molar-refractivity contribution in [3.63, 3.8) is 0 Å². The van der Waals surface area contributed by atoms with Crippen LogP contribution in [0.1, 0.15) is 20.3 Å². The molecule has 0 fully saturated rings. The van der Waals surface area contributed by atoms with Crippen LogP contribution in [0, 0.1) is 5.92 Å². The Balaban J connectivity index is 3.63. The van der Waals surface area contributed by atoms with Gasteiger partial charge in [-0.25, -0.2) is 0 Å². The lowest BCUT2D eigenvalue weighted by molar-refractivity contribution is -0.146. The maximum Gasteiger partial charge on any atom is 0.323 e. The van der Waals surface area contributed by atoms with Crippen molar-refractivity contribution in [2.24, 2.45) is 11.7 Å². The minimum absolute atomic E-state index is 0.0769. The highest BCUT2D eigenvalue weighted by atomic mass is 16.5. The van der Waals surface area contributed by atoms with E-state index >= 15 is 0 Å². The Labute approximate surface area is 84.1 Å². The van der Waals surface area contributed by atoms with Crippen LogP contribution in [0.2, 0.25) is 0 Å². The van der Waals surface area contributed by atoms with Gasteiger partial charge in [-0.2, -0.15) is 0 Å². The summed E-state index contributed by atoms with van der Waals surface area (Å²) in [5.74, 6) is -0.312. The number of aldehydes is 1. The van der Waals surface area contributed by atoms with Gasteiger partial charge in [-0.1, -0.05) is 19.9 Å². The third-order valence-corrected chi connectivity index (χ3v) is 1.73. The van der Waals surface area contributed by atoms with Crippen LogP contribution < -0.4 is 5.73 Å². The molecule has 1 atom stereocenters. The molecule has 0 aromatic rings. The first-order valence-corrected chi connectivity index (χ1v) is 4.62. The van der Waals surface area contributed by atoms with Crippen molar-refractivity contribution < 1.29 is 14.3 Å². The van der Waals surface area contributed by atoms with E-state index < -0.39 is 6.04 Å². The van der Waals surface area contributed by atoms with Gasteiger partial charge in [-0.05, 0) is 18.4 Å². The van der Waals surface area contributed by atoms with E-state index in [1.165, 1.54) is 6.08 Å². The summed E-state index contributed by atoms with van der Waals surface area (Å²) in [6, 6.07) is -0.565. The normalized spacial score (nSPS) is 13.1. The molecule has 0 radical (unpaired) electrons. The second-order valence-corrected chi connectivity index (χ2v) is 3.29. The van der Waals surface area contributed by atoms with Crippen molar-refractivity contribution in [2.75, 3.05) is 6.61 Å². The quantitative estimate of drug-likeness (QED) is 0.295. The molecule has 0 rings (SSSR count). The summed E-state index contributed by atoms with van der Waals surface area (Å²) in [7, 11) is 0. The first-order chi connectivity index (χ1) is 6.59. The van der Waals surface area contributed by atoms with Crippen LogP contribution in [0.15, 0.2) is 12.2 Å². The van der Waals surface area contributed by atoms with E-state index in [2.05, 4.69) is 0 Å². The number of allylic oxidation sites excluding steroid dienone is 1. The summed E-state index contributed by atoms with van der Waals surface area (Å²) in [5.41, 5.74) is 5.55. The molecule has 0 heterocycles. The van der Waals surface area contributed by atoms with Gasteiger partial charge in [0.15, 0.2) is 0 Å². The third kappa shape index (κ3) is 5.48. The summed E-state index contributed by atoms with van der Waals surface area (Å²) >= 11 is 0. The molecular weight excluding hydrogens is 182 g/mol. The van der Waals surface area contributed by atoms with E-state index in [-0.39, 0.29) is 18.5 Å². The molecule has 0 spiro atoms. The van der Waals surface area contributed by atoms with Crippen molar-refractivity contribution in [1.82, 2.24) is 0 Å². The van der Waals surface area contributed by atoms with Gasteiger partial charge < -0.3 is 10.5 Å². The van der Waals surface area contributed by atoms with Crippen molar-refractivity contribution in [1.29, 1.82) is 0 Å². The molecule has 4 heteroatoms. The van der Waals surface area contributed by atoms with E-state index in [4.69, 9.17) is 10.5 Å². The van der Waals surface area contributed by atoms with E-state index in [0.717, 1.165) is 0 Å². The van der Waals surface area contributed by atoms with Gasteiger partial charge >= 0.3 is 5.97 Å². The Kier molecular flexibility index (Phi) is 6.66. The molecule has 0 aliphatic rings. The lowest BCUT2D eigenvalue weighted by Crippen LogP contribution is -2.37. The maximum atomic E-state index is 11.2. The predicted octanol–water partition coefficient (Wildman–Crippen LogP) is 0.658. The molecule has 14 heavy (non-hydrogen) atoms. The zero-order valence-corrected chi connectivity index (χ0v) is 8.60. The molecule has 2 N–H and O–H groups in total. The number of carbonyl (C=O) groups excluding carboxylic acids is 2. The summed E-state index contributed by atoms with van der Waals surface area (Å²) in [6.45, 7) is 3.99. The molecule has 0 amide bonds. The van der Waals surface area contributed by atoms with Crippen molar-refractivity contribution in [3.05, 3.63) is 12.2 Å². The van der Waals surface area contributed by atoms with Crippen molar-refractivity contribution >= 4 is 12.3 Å². The standard InChI is InChI=1S/C10H17NO3/c1-8(2)9(11)10(13)14-7-5-3-4-6-12/h3-4,6,8-9H,5,7,11H2,1-2H3/b4-3-/t9-/m0/s1. The Hall–Kier alpha value is -1.16. The van der Waals surface area contributed by atoms with Crippen LogP contribution in [0.4, 0.5) is 0 Å². The van der Waals surface area contributed by atoms with Gasteiger partial charge in [-0.15, -0.1) is 0 Å². The Bertz CT molecular complexity index is 211. The van der Waals surface area contributed by atoms with E-state index in [1.807, 2.05) is 13.8 Å². The first-order valence-electron chi connectivity index (χ1n) is 4.62. The number of carbonyl (C=O) groups is 2. The number of hydrogen-bond acceptors (Lipinski definition) is 4. The molecule has 0 unspecified atom stereocenters. The van der Waals surface area contributed by atoms with Crippen LogP contribution in [-0.2, 0) is 14.3 Å². The molecule has 0 aromatic heterocycles. The SMILES string of the molecule is CC(C)[C@H](N)C(=O)OCC/C=C\C=O. The molecule has 0 saturated heterocycles. The molecule has 80 valence electrons. The van der Waals surface area contributed by atoms with Gasteiger partial charge in [-0.3, -0.25) is 9.59 Å². The minimum atomic E-state index is -0.565. The zero-order chi connectivity index (χ0) is 11.0. The highest BCUT2D eigenvalue weighted by Crippen LogP contribution is 2.00. The Morgan fingerprint density at radius 1 is 1.50 bits per heavy atom. The van der Waals surface area contributed by atoms with Crippen LogP contribution >= 0.6 is 0 Å². The third-order valence-electron chi connectivity index (χ3n) is 1.73. The largest absolute Gasteiger partial charge is 0.464 e. The minimum Gasteiger partial charge on any atom is -0.464 e. The van der Waals surface area contributed by atoms with Crippen LogP contribution in [0.25, 0.3) is 0 Å². The topological polar surface area (TPSA) is 69.4 Å². The number of rotatable bonds is 6. The molecule has 0 aliphatic carbocycles. The molecule has 0 aromatic carbocycles. The number of ether oxygens (including phenoxy) is 1. The van der Waals surface area contributed by atoms with Crippen LogP contribution in [0.3, 0.4) is 0 Å². The first kappa shape index (κ1) is 12.8. The number of esters is 1. The summed E-state index contributed by atoms with van der Waals surface area (Å²) in [4.78, 5) is 21.1. The van der Waals surface area contributed by atoms with Crippen LogP contribution in [0.5, 0.6) is 0 Å². The highest BCUT2D eigenvalue weighted by Gasteiger charge is 2.17. The molecular formula is C10H17NO3. The van der Waals surface area contributed by atoms with Crippen molar-refractivity contribution in [2.45, 2.75) is 26.3 Å². The van der Waals surface area contributed by atoms with E-state index in [9.17, 15) is 9.59 Å². The molecule has 0 bridgehead atoms. The fourth-order valence-corrected chi connectivity index (χ4v) is 0.748. The van der Waals surface area contributed by atoms with Gasteiger partial charge in [0.25, 0.3) is 0 Å². The van der Waals surface area contributed by atoms with Gasteiger partial charge in [0.1, 0.15) is 12.3 Å². The Morgan fingerprint density at radius 2 is 2.14 bits per heavy atom. The average molecular weight is 199 g/mol. The fourth-order valence-electron chi connectivity index (χ4n) is 0.748. The van der Waals surface area contributed by atoms with E-state index in [0.29, 0.717) is 12.7 Å².